The molecule has 0 radical (unpaired) electrons. The minimum atomic E-state index is -1.95. The third-order valence-corrected chi connectivity index (χ3v) is 10.1. The van der Waals surface area contributed by atoms with Crippen LogP contribution in [0.1, 0.15) is 93.9 Å². The van der Waals surface area contributed by atoms with E-state index in [1.165, 1.54) is 13.8 Å². The lowest BCUT2D eigenvalue weighted by molar-refractivity contribution is -0.142. The number of carboxylic acid groups (broad SMARTS) is 3. The normalized spacial score (nSPS) is 15.7. The molecule has 0 aliphatic heterocycles. The average Bonchev–Trinajstić information content (AvgIpc) is 3.20. The number of primary amides is 1. The van der Waals surface area contributed by atoms with Crippen molar-refractivity contribution in [2.75, 3.05) is 5.75 Å². The number of hydrogen-bond donors (Lipinski definition) is 14. The summed E-state index contributed by atoms with van der Waals surface area (Å²) in [7, 11) is 0. The first-order chi connectivity index (χ1) is 30.1. The highest BCUT2D eigenvalue weighted by Gasteiger charge is 2.36. The second kappa shape index (κ2) is 28.7. The zero-order valence-electron chi connectivity index (χ0n) is 37.7. The maximum absolute atomic E-state index is 13.6. The number of thiol groups is 1. The minimum Gasteiger partial charge on any atom is -0.481 e. The molecule has 0 saturated heterocycles. The summed E-state index contributed by atoms with van der Waals surface area (Å²) in [5, 5.41) is 46.9. The van der Waals surface area contributed by atoms with Gasteiger partial charge in [-0.2, -0.15) is 12.6 Å². The Balaban J connectivity index is 6.35. The van der Waals surface area contributed by atoms with Crippen LogP contribution < -0.4 is 54.0 Å². The van der Waals surface area contributed by atoms with Crippen molar-refractivity contribution < 1.29 is 72.9 Å². The summed E-state index contributed by atoms with van der Waals surface area (Å²) < 4.78 is 0. The number of rotatable bonds is 30. The van der Waals surface area contributed by atoms with Crippen molar-refractivity contribution in [3.8, 4) is 0 Å². The van der Waals surface area contributed by atoms with Gasteiger partial charge in [0.1, 0.15) is 48.3 Å². The maximum Gasteiger partial charge on any atom is 0.325 e. The molecule has 0 aromatic carbocycles. The second-order valence-corrected chi connectivity index (χ2v) is 16.6. The van der Waals surface area contributed by atoms with Gasteiger partial charge < -0.3 is 69.3 Å². The van der Waals surface area contributed by atoms with E-state index in [1.807, 2.05) is 0 Å². The molecule has 0 fully saturated rings. The predicted molar refractivity (Wildman–Crippen MR) is 233 cm³/mol. The van der Waals surface area contributed by atoms with Crippen molar-refractivity contribution in [3.05, 3.63) is 0 Å². The molecule has 0 aromatic rings. The SMILES string of the molecule is CC[C@H](C)[C@H](NC(=O)[C@@H](NC(=O)[C@H](C)NC(=O)[C@H](CC(=O)O)NC(=O)[C@H](CCC(N)=O)NC(=O)[C@H](CC(=O)O)NC(=O)[C@H](CC(C)C)NC(=O)[C@@H](N)CS)C(C)C)C(=O)N[C@@H](C)C(=O)O. The van der Waals surface area contributed by atoms with Gasteiger partial charge in [-0.15, -0.1) is 0 Å². The highest BCUT2D eigenvalue weighted by atomic mass is 32.1. The number of hydrogen-bond acceptors (Lipinski definition) is 14. The Morgan fingerprint density at radius 1 is 0.523 bits per heavy atom. The Hall–Kier alpha value is -6.05. The van der Waals surface area contributed by atoms with Crippen LogP contribution >= 0.6 is 12.6 Å². The smallest absolute Gasteiger partial charge is 0.325 e. The van der Waals surface area contributed by atoms with Crippen molar-refractivity contribution in [2.24, 2.45) is 29.2 Å². The fourth-order valence-electron chi connectivity index (χ4n) is 5.71. The molecule has 26 heteroatoms. The van der Waals surface area contributed by atoms with Gasteiger partial charge in [0.25, 0.3) is 0 Å². The molecule has 10 atom stereocenters. The summed E-state index contributed by atoms with van der Waals surface area (Å²) in [5.74, 6) is -14.9. The number of nitrogens with one attached hydrogen (secondary N) is 8. The maximum atomic E-state index is 13.6. The molecule has 9 amide bonds. The number of carbonyl (C=O) groups is 12. The number of carboxylic acids is 3. The van der Waals surface area contributed by atoms with Gasteiger partial charge in [-0.25, -0.2) is 0 Å². The molecular formula is C39H66N10O15S. The molecule has 25 nitrogen and oxygen atoms in total. The average molecular weight is 947 g/mol. The Labute approximate surface area is 381 Å². The van der Waals surface area contributed by atoms with Crippen molar-refractivity contribution in [1.82, 2.24) is 42.5 Å². The van der Waals surface area contributed by atoms with Gasteiger partial charge in [-0.1, -0.05) is 48.0 Å². The van der Waals surface area contributed by atoms with E-state index in [2.05, 4.69) is 55.2 Å². The zero-order valence-corrected chi connectivity index (χ0v) is 38.6. The van der Waals surface area contributed by atoms with E-state index in [0.29, 0.717) is 6.42 Å². The summed E-state index contributed by atoms with van der Waals surface area (Å²) >= 11 is 3.95. The Kier molecular flexibility index (Phi) is 26.0. The molecule has 0 rings (SSSR count). The first kappa shape index (κ1) is 58.9. The second-order valence-electron chi connectivity index (χ2n) is 16.3. The lowest BCUT2D eigenvalue weighted by Gasteiger charge is -2.29. The van der Waals surface area contributed by atoms with Crippen LogP contribution in [0.2, 0.25) is 0 Å². The van der Waals surface area contributed by atoms with E-state index in [4.69, 9.17) is 11.5 Å². The summed E-state index contributed by atoms with van der Waals surface area (Å²) in [5.41, 5.74) is 11.0. The molecular weight excluding hydrogens is 881 g/mol. The highest BCUT2D eigenvalue weighted by molar-refractivity contribution is 7.80. The van der Waals surface area contributed by atoms with Crippen LogP contribution in [0.3, 0.4) is 0 Å². The van der Waals surface area contributed by atoms with Gasteiger partial charge >= 0.3 is 17.9 Å². The molecule has 65 heavy (non-hydrogen) atoms. The summed E-state index contributed by atoms with van der Waals surface area (Å²) in [4.78, 5) is 153. The van der Waals surface area contributed by atoms with Crippen molar-refractivity contribution in [1.29, 1.82) is 0 Å². The molecule has 0 aromatic heterocycles. The van der Waals surface area contributed by atoms with Crippen LogP contribution in [0.25, 0.3) is 0 Å². The van der Waals surface area contributed by atoms with E-state index < -0.39 is 163 Å². The van der Waals surface area contributed by atoms with E-state index in [-0.39, 0.29) is 18.1 Å². The van der Waals surface area contributed by atoms with Crippen LogP contribution in [0.4, 0.5) is 0 Å². The molecule has 15 N–H and O–H groups in total. The molecule has 0 spiro atoms. The van der Waals surface area contributed by atoms with E-state index in [0.717, 1.165) is 0 Å². The lowest BCUT2D eigenvalue weighted by atomic mass is 9.96. The van der Waals surface area contributed by atoms with Crippen molar-refractivity contribution in [3.63, 3.8) is 0 Å². The van der Waals surface area contributed by atoms with Gasteiger partial charge in [-0.05, 0) is 44.4 Å². The Bertz CT molecular complexity index is 1750. The van der Waals surface area contributed by atoms with Gasteiger partial charge in [0.05, 0.1) is 18.9 Å². The Morgan fingerprint density at radius 2 is 0.938 bits per heavy atom. The molecule has 368 valence electrons. The number of nitrogens with two attached hydrogens (primary N) is 2. The molecule has 0 heterocycles. The fourth-order valence-corrected chi connectivity index (χ4v) is 5.87. The van der Waals surface area contributed by atoms with Gasteiger partial charge in [0, 0.05) is 12.2 Å². The minimum absolute atomic E-state index is 0.0266. The number of amides is 9. The van der Waals surface area contributed by atoms with Crippen LogP contribution in [0.5, 0.6) is 0 Å². The third kappa shape index (κ3) is 21.9. The monoisotopic (exact) mass is 946 g/mol. The molecule has 0 unspecified atom stereocenters. The molecule has 0 saturated carbocycles. The standard InChI is InChI=1S/C39H66N10O15S/c1-9-18(6)30(38(62)43-20(8)39(63)64)49-37(61)29(17(4)5)48-31(55)19(7)42-34(58)24(13-27(51)52)46-33(57)22(10-11-26(41)50)44-36(60)25(14-28(53)54)47-35(59)23(12-16(2)3)45-32(56)21(40)15-65/h16-25,29-30,65H,9-15,40H2,1-8H3,(H2,41,50)(H,42,58)(H,43,62)(H,44,60)(H,45,56)(H,46,57)(H,47,59)(H,48,55)(H,49,61)(H,51,52)(H,53,54)(H,63,64)/t18-,19-,20-,21-,22-,23-,24-,25-,29-,30-/m0/s1. The number of aliphatic carboxylic acids is 3. The predicted octanol–water partition coefficient (Wildman–Crippen LogP) is -3.79. The molecule has 0 bridgehead atoms. The van der Waals surface area contributed by atoms with E-state index in [1.54, 1.807) is 41.5 Å². The van der Waals surface area contributed by atoms with Crippen LogP contribution in [-0.2, 0) is 57.5 Å². The summed E-state index contributed by atoms with van der Waals surface area (Å²) in [6.07, 6.45) is -2.83. The van der Waals surface area contributed by atoms with Crippen LogP contribution in [0, 0.1) is 17.8 Å². The first-order valence-corrected chi connectivity index (χ1v) is 21.4. The fraction of sp³-hybridized carbons (Fsp3) is 0.692. The molecule has 0 aliphatic carbocycles. The van der Waals surface area contributed by atoms with E-state index in [9.17, 15) is 72.9 Å². The third-order valence-electron chi connectivity index (χ3n) is 9.73. The Morgan fingerprint density at radius 3 is 1.37 bits per heavy atom. The van der Waals surface area contributed by atoms with Crippen LogP contribution in [-0.4, -0.2) is 147 Å². The van der Waals surface area contributed by atoms with Gasteiger partial charge in [-0.3, -0.25) is 57.5 Å². The largest absolute Gasteiger partial charge is 0.481 e. The van der Waals surface area contributed by atoms with Gasteiger partial charge in [0.15, 0.2) is 0 Å². The summed E-state index contributed by atoms with van der Waals surface area (Å²) in [6.45, 7) is 12.3. The van der Waals surface area contributed by atoms with E-state index >= 15 is 0 Å². The molecule has 0 aliphatic rings. The quantitative estimate of drug-likeness (QED) is 0.0307. The van der Waals surface area contributed by atoms with Crippen LogP contribution in [0.15, 0.2) is 0 Å². The lowest BCUT2D eigenvalue weighted by Crippen LogP contribution is -2.61. The highest BCUT2D eigenvalue weighted by Crippen LogP contribution is 2.12. The topological polar surface area (TPSA) is 414 Å². The zero-order chi connectivity index (χ0) is 50.5. The first-order valence-electron chi connectivity index (χ1n) is 20.8. The van der Waals surface area contributed by atoms with Gasteiger partial charge in [0.2, 0.25) is 53.2 Å². The summed E-state index contributed by atoms with van der Waals surface area (Å²) in [6, 6.07) is -13.3. The number of carbonyl (C=O) groups excluding carboxylic acids is 9. The van der Waals surface area contributed by atoms with Crippen molar-refractivity contribution in [2.45, 2.75) is 148 Å². The van der Waals surface area contributed by atoms with Crippen molar-refractivity contribution >= 4 is 83.7 Å².